The van der Waals surface area contributed by atoms with E-state index in [-0.39, 0.29) is 11.9 Å². The Kier molecular flexibility index (Phi) is 5.76. The second-order valence-electron chi connectivity index (χ2n) is 6.24. The average Bonchev–Trinajstić information content (AvgIpc) is 2.63. The summed E-state index contributed by atoms with van der Waals surface area (Å²) in [5, 5.41) is 6.92. The van der Waals surface area contributed by atoms with E-state index in [0.717, 1.165) is 18.5 Å². The number of hydrogen-bond acceptors (Lipinski definition) is 4. The molecule has 1 aromatic carbocycles. The number of pyridine rings is 1. The van der Waals surface area contributed by atoms with Crippen molar-refractivity contribution in [2.45, 2.75) is 38.1 Å². The molecule has 0 radical (unpaired) electrons. The van der Waals surface area contributed by atoms with E-state index in [2.05, 4.69) is 15.6 Å². The van der Waals surface area contributed by atoms with Crippen molar-refractivity contribution in [2.24, 2.45) is 0 Å². The van der Waals surface area contributed by atoms with E-state index in [1.165, 1.54) is 19.3 Å². The van der Waals surface area contributed by atoms with Crippen LogP contribution in [0.5, 0.6) is 5.75 Å². The highest BCUT2D eigenvalue weighted by atomic mass is 35.5. The number of amides is 1. The minimum absolute atomic E-state index is 0.0823. The van der Waals surface area contributed by atoms with Gasteiger partial charge >= 0.3 is 0 Å². The summed E-state index contributed by atoms with van der Waals surface area (Å²) in [6.45, 7) is 0. The van der Waals surface area contributed by atoms with Gasteiger partial charge in [0.15, 0.2) is 0 Å². The Morgan fingerprint density at radius 3 is 2.76 bits per heavy atom. The van der Waals surface area contributed by atoms with Crippen LogP contribution in [0.25, 0.3) is 0 Å². The summed E-state index contributed by atoms with van der Waals surface area (Å²) in [4.78, 5) is 16.6. The summed E-state index contributed by atoms with van der Waals surface area (Å²) in [6, 6.07) is 7.38. The van der Waals surface area contributed by atoms with Gasteiger partial charge in [-0.2, -0.15) is 0 Å². The van der Waals surface area contributed by atoms with Crippen molar-refractivity contribution < 1.29 is 9.53 Å². The highest BCUT2D eigenvalue weighted by Gasteiger charge is 2.17. The first kappa shape index (κ1) is 17.5. The molecule has 0 unspecified atom stereocenters. The quantitative estimate of drug-likeness (QED) is 0.822. The molecule has 1 aliphatic rings. The molecule has 1 heterocycles. The fourth-order valence-electron chi connectivity index (χ4n) is 3.08. The molecular weight excluding hydrogens is 338 g/mol. The van der Waals surface area contributed by atoms with Crippen LogP contribution in [0.3, 0.4) is 0 Å². The number of halogens is 1. The number of benzene rings is 1. The van der Waals surface area contributed by atoms with E-state index in [4.69, 9.17) is 16.3 Å². The summed E-state index contributed by atoms with van der Waals surface area (Å²) in [5.74, 6) is 0.586. The van der Waals surface area contributed by atoms with E-state index in [0.29, 0.717) is 22.0 Å². The van der Waals surface area contributed by atoms with Gasteiger partial charge in [-0.05, 0) is 37.1 Å². The van der Waals surface area contributed by atoms with Crippen molar-refractivity contribution in [1.29, 1.82) is 0 Å². The molecule has 0 spiro atoms. The first-order valence-corrected chi connectivity index (χ1v) is 8.90. The molecule has 1 aromatic heterocycles. The summed E-state index contributed by atoms with van der Waals surface area (Å²) >= 11 is 6.05. The molecule has 25 heavy (non-hydrogen) atoms. The number of rotatable bonds is 5. The normalized spacial score (nSPS) is 14.8. The van der Waals surface area contributed by atoms with E-state index < -0.39 is 0 Å². The second-order valence-corrected chi connectivity index (χ2v) is 6.68. The van der Waals surface area contributed by atoms with E-state index in [1.54, 1.807) is 43.8 Å². The van der Waals surface area contributed by atoms with Gasteiger partial charge in [0.2, 0.25) is 0 Å². The van der Waals surface area contributed by atoms with Gasteiger partial charge in [0, 0.05) is 17.3 Å². The monoisotopic (exact) mass is 359 g/mol. The van der Waals surface area contributed by atoms with Crippen molar-refractivity contribution in [3.63, 3.8) is 0 Å². The molecule has 1 aliphatic carbocycles. The first-order chi connectivity index (χ1) is 12.2. The van der Waals surface area contributed by atoms with Crippen LogP contribution in [0.4, 0.5) is 11.4 Å². The number of methoxy groups -OCH3 is 1. The molecule has 6 heteroatoms. The van der Waals surface area contributed by atoms with Crippen molar-refractivity contribution in [2.75, 3.05) is 12.4 Å². The lowest BCUT2D eigenvalue weighted by Gasteiger charge is -2.22. The minimum atomic E-state index is -0.0823. The Morgan fingerprint density at radius 1 is 1.20 bits per heavy atom. The van der Waals surface area contributed by atoms with Crippen LogP contribution in [0.2, 0.25) is 5.02 Å². The molecule has 5 nitrogen and oxygen atoms in total. The maximum Gasteiger partial charge on any atom is 0.253 e. The Labute approximate surface area is 152 Å². The lowest BCUT2D eigenvalue weighted by Crippen LogP contribution is -2.36. The summed E-state index contributed by atoms with van der Waals surface area (Å²) < 4.78 is 5.33. The molecule has 1 amide bonds. The fourth-order valence-corrected chi connectivity index (χ4v) is 3.25. The third-order valence-electron chi connectivity index (χ3n) is 4.38. The standard InChI is InChI=1S/C19H22ClN3O2/c1-25-18-8-7-14(20)10-17(18)22-16-9-13(11-21-12-16)19(24)23-15-5-3-2-4-6-15/h7-12,15,22H,2-6H2,1H3,(H,23,24). The number of carbonyl (C=O) groups is 1. The fraction of sp³-hybridized carbons (Fsp3) is 0.368. The molecule has 3 rings (SSSR count). The van der Waals surface area contributed by atoms with Crippen LogP contribution < -0.4 is 15.4 Å². The number of ether oxygens (including phenoxy) is 1. The van der Waals surface area contributed by atoms with Crippen LogP contribution in [0.1, 0.15) is 42.5 Å². The molecule has 1 fully saturated rings. The molecule has 2 N–H and O–H groups in total. The number of nitrogens with one attached hydrogen (secondary N) is 2. The molecule has 1 saturated carbocycles. The third kappa shape index (κ3) is 4.63. The van der Waals surface area contributed by atoms with Gasteiger partial charge in [-0.1, -0.05) is 30.9 Å². The molecule has 132 valence electrons. The van der Waals surface area contributed by atoms with Gasteiger partial charge in [0.25, 0.3) is 5.91 Å². The molecular formula is C19H22ClN3O2. The molecule has 0 atom stereocenters. The molecule has 0 saturated heterocycles. The Morgan fingerprint density at radius 2 is 2.00 bits per heavy atom. The zero-order chi connectivity index (χ0) is 17.6. The highest BCUT2D eigenvalue weighted by Crippen LogP contribution is 2.30. The maximum absolute atomic E-state index is 12.5. The van der Waals surface area contributed by atoms with Gasteiger partial charge in [0.1, 0.15) is 5.75 Å². The van der Waals surface area contributed by atoms with E-state index in [1.807, 2.05) is 0 Å². The largest absolute Gasteiger partial charge is 0.495 e. The van der Waals surface area contributed by atoms with Crippen LogP contribution in [0.15, 0.2) is 36.7 Å². The van der Waals surface area contributed by atoms with Gasteiger partial charge in [-0.3, -0.25) is 9.78 Å². The van der Waals surface area contributed by atoms with E-state index in [9.17, 15) is 4.79 Å². The zero-order valence-corrected chi connectivity index (χ0v) is 15.0. The van der Waals surface area contributed by atoms with Crippen LogP contribution >= 0.6 is 11.6 Å². The number of anilines is 2. The van der Waals surface area contributed by atoms with E-state index >= 15 is 0 Å². The summed E-state index contributed by atoms with van der Waals surface area (Å²) in [5.41, 5.74) is 1.97. The highest BCUT2D eigenvalue weighted by molar-refractivity contribution is 6.31. The summed E-state index contributed by atoms with van der Waals surface area (Å²) in [7, 11) is 1.60. The van der Waals surface area contributed by atoms with Crippen molar-refractivity contribution in [1.82, 2.24) is 10.3 Å². The lowest BCUT2D eigenvalue weighted by molar-refractivity contribution is 0.0927. The number of carbonyl (C=O) groups excluding carboxylic acids is 1. The van der Waals surface area contributed by atoms with Gasteiger partial charge < -0.3 is 15.4 Å². The predicted molar refractivity (Wildman–Crippen MR) is 99.9 cm³/mol. The van der Waals surface area contributed by atoms with Gasteiger partial charge in [-0.25, -0.2) is 0 Å². The Bertz CT molecular complexity index is 745. The second kappa shape index (κ2) is 8.21. The van der Waals surface area contributed by atoms with Gasteiger partial charge in [0.05, 0.1) is 30.2 Å². The third-order valence-corrected chi connectivity index (χ3v) is 4.62. The number of aromatic nitrogens is 1. The van der Waals surface area contributed by atoms with Crippen LogP contribution in [-0.2, 0) is 0 Å². The molecule has 0 aliphatic heterocycles. The SMILES string of the molecule is COc1ccc(Cl)cc1Nc1cncc(C(=O)NC2CCCCC2)c1. The molecule has 2 aromatic rings. The molecule has 0 bridgehead atoms. The Balaban J connectivity index is 1.73. The van der Waals surface area contributed by atoms with Gasteiger partial charge in [-0.15, -0.1) is 0 Å². The van der Waals surface area contributed by atoms with Crippen molar-refractivity contribution in [3.05, 3.63) is 47.2 Å². The van der Waals surface area contributed by atoms with Crippen molar-refractivity contribution >= 4 is 28.9 Å². The predicted octanol–water partition coefficient (Wildman–Crippen LogP) is 4.55. The summed E-state index contributed by atoms with van der Waals surface area (Å²) in [6.07, 6.45) is 8.97. The topological polar surface area (TPSA) is 63.2 Å². The lowest BCUT2D eigenvalue weighted by atomic mass is 9.95. The zero-order valence-electron chi connectivity index (χ0n) is 14.2. The van der Waals surface area contributed by atoms with Crippen molar-refractivity contribution in [3.8, 4) is 5.75 Å². The minimum Gasteiger partial charge on any atom is -0.495 e. The smallest absolute Gasteiger partial charge is 0.253 e. The maximum atomic E-state index is 12.5. The number of nitrogens with zero attached hydrogens (tertiary/aromatic N) is 1. The van der Waals surface area contributed by atoms with Crippen LogP contribution in [0, 0.1) is 0 Å². The first-order valence-electron chi connectivity index (χ1n) is 8.52. The van der Waals surface area contributed by atoms with Crippen LogP contribution in [-0.4, -0.2) is 24.0 Å². The Hall–Kier alpha value is -2.27. The average molecular weight is 360 g/mol. The number of hydrogen-bond donors (Lipinski definition) is 2.